The van der Waals surface area contributed by atoms with Crippen molar-refractivity contribution in [2.24, 2.45) is 16.5 Å². The van der Waals surface area contributed by atoms with Crippen LogP contribution in [0.15, 0.2) is 47.5 Å². The first-order chi connectivity index (χ1) is 9.65. The molecule has 0 aliphatic rings. The molecule has 0 radical (unpaired) electrons. The molecule has 0 unspecified atom stereocenters. The first-order valence-corrected chi connectivity index (χ1v) is 7.06. The number of rotatable bonds is 4. The van der Waals surface area contributed by atoms with Gasteiger partial charge in [-0.2, -0.15) is 4.99 Å². The third-order valence-electron chi connectivity index (χ3n) is 2.54. The molecule has 2 aromatic rings. The molecule has 0 fully saturated rings. The van der Waals surface area contributed by atoms with Crippen molar-refractivity contribution in [3.63, 3.8) is 0 Å². The van der Waals surface area contributed by atoms with Gasteiger partial charge in [0.15, 0.2) is 11.1 Å². The second-order valence-electron chi connectivity index (χ2n) is 4.05. The molecule has 0 aliphatic heterocycles. The topological polar surface area (TPSA) is 97.5 Å². The highest BCUT2D eigenvalue weighted by atomic mass is 32.2. The van der Waals surface area contributed by atoms with E-state index >= 15 is 0 Å². The van der Waals surface area contributed by atoms with Crippen LogP contribution in [0.4, 0.5) is 0 Å². The van der Waals surface area contributed by atoms with Crippen LogP contribution in [0.5, 0.6) is 5.75 Å². The number of nitrogens with one attached hydrogen (secondary N) is 1. The highest BCUT2D eigenvalue weighted by Gasteiger charge is 1.99. The van der Waals surface area contributed by atoms with Crippen molar-refractivity contribution in [1.82, 2.24) is 0 Å². The molecule has 0 aromatic heterocycles. The molecule has 5 nitrogen and oxygen atoms in total. The predicted molar refractivity (Wildman–Crippen MR) is 85.4 cm³/mol. The summed E-state index contributed by atoms with van der Waals surface area (Å²) in [6.45, 7) is 0.491. The number of hydrogen-bond donors (Lipinski definition) is 3. The van der Waals surface area contributed by atoms with Crippen molar-refractivity contribution >= 4 is 33.7 Å². The summed E-state index contributed by atoms with van der Waals surface area (Å²) < 4.78 is 5.64. The maximum absolute atomic E-state index is 7.47. The molecule has 20 heavy (non-hydrogen) atoms. The van der Waals surface area contributed by atoms with Crippen LogP contribution in [0.3, 0.4) is 0 Å². The van der Waals surface area contributed by atoms with Crippen molar-refractivity contribution in [1.29, 1.82) is 5.41 Å². The maximum atomic E-state index is 7.47. The van der Waals surface area contributed by atoms with Crippen LogP contribution < -0.4 is 16.2 Å². The Balaban J connectivity index is 1.84. The Hall–Kier alpha value is -2.21. The molecular formula is C14H16N4OS. The molecule has 0 bridgehead atoms. The minimum Gasteiger partial charge on any atom is -0.493 e. The SMILES string of the molecule is N=C(N=C(N)N)SCCOc1ccc2ccccc2c1. The zero-order valence-corrected chi connectivity index (χ0v) is 11.7. The average molecular weight is 288 g/mol. The first-order valence-electron chi connectivity index (χ1n) is 6.08. The van der Waals surface area contributed by atoms with Crippen molar-refractivity contribution in [3.05, 3.63) is 42.5 Å². The molecule has 5 N–H and O–H groups in total. The average Bonchev–Trinajstić information content (AvgIpc) is 2.43. The Morgan fingerprint density at radius 1 is 1.15 bits per heavy atom. The quantitative estimate of drug-likeness (QED) is 0.456. The van der Waals surface area contributed by atoms with Gasteiger partial charge >= 0.3 is 0 Å². The number of benzene rings is 2. The van der Waals surface area contributed by atoms with Gasteiger partial charge in [-0.1, -0.05) is 42.1 Å². The molecule has 0 atom stereocenters. The summed E-state index contributed by atoms with van der Waals surface area (Å²) in [5.74, 6) is 1.33. The molecule has 2 aromatic carbocycles. The Morgan fingerprint density at radius 3 is 2.65 bits per heavy atom. The largest absolute Gasteiger partial charge is 0.493 e. The molecule has 104 valence electrons. The summed E-state index contributed by atoms with van der Waals surface area (Å²) in [7, 11) is 0. The molecular weight excluding hydrogens is 272 g/mol. The number of hydrogen-bond acceptors (Lipinski definition) is 3. The van der Waals surface area contributed by atoms with Gasteiger partial charge in [0.1, 0.15) is 5.75 Å². The van der Waals surface area contributed by atoms with Crippen molar-refractivity contribution in [2.45, 2.75) is 0 Å². The highest BCUT2D eigenvalue weighted by Crippen LogP contribution is 2.20. The summed E-state index contributed by atoms with van der Waals surface area (Å²) in [6, 6.07) is 14.1. The van der Waals surface area contributed by atoms with E-state index in [0.29, 0.717) is 12.4 Å². The summed E-state index contributed by atoms with van der Waals surface area (Å²) >= 11 is 1.24. The van der Waals surface area contributed by atoms with Gasteiger partial charge in [-0.05, 0) is 22.9 Å². The zero-order chi connectivity index (χ0) is 14.4. The minimum atomic E-state index is -0.0991. The summed E-state index contributed by atoms with van der Waals surface area (Å²) in [4.78, 5) is 3.63. The first kappa shape index (κ1) is 14.2. The number of nitrogens with zero attached hydrogens (tertiary/aromatic N) is 1. The van der Waals surface area contributed by atoms with E-state index in [2.05, 4.69) is 11.1 Å². The number of thioether (sulfide) groups is 1. The monoisotopic (exact) mass is 288 g/mol. The van der Waals surface area contributed by atoms with Crippen molar-refractivity contribution < 1.29 is 4.74 Å². The number of amidine groups is 1. The van der Waals surface area contributed by atoms with Crippen molar-refractivity contribution in [3.8, 4) is 5.75 Å². The van der Waals surface area contributed by atoms with Gasteiger partial charge < -0.3 is 16.2 Å². The van der Waals surface area contributed by atoms with Crippen molar-refractivity contribution in [2.75, 3.05) is 12.4 Å². The Morgan fingerprint density at radius 2 is 1.90 bits per heavy atom. The maximum Gasteiger partial charge on any atom is 0.193 e. The van der Waals surface area contributed by atoms with Crippen LogP contribution in [-0.4, -0.2) is 23.5 Å². The lowest BCUT2D eigenvalue weighted by Gasteiger charge is -2.06. The van der Waals surface area contributed by atoms with Gasteiger partial charge in [0.05, 0.1) is 6.61 Å². The van der Waals surface area contributed by atoms with E-state index in [0.717, 1.165) is 11.1 Å². The van der Waals surface area contributed by atoms with Gasteiger partial charge in [-0.25, -0.2) is 0 Å². The van der Waals surface area contributed by atoms with Gasteiger partial charge in [0.25, 0.3) is 0 Å². The summed E-state index contributed by atoms with van der Waals surface area (Å²) in [5.41, 5.74) is 10.4. The van der Waals surface area contributed by atoms with Gasteiger partial charge in [0, 0.05) is 5.75 Å². The Bertz CT molecular complexity index is 638. The highest BCUT2D eigenvalue weighted by molar-refractivity contribution is 8.13. The number of nitrogens with two attached hydrogens (primary N) is 2. The molecule has 0 aliphatic carbocycles. The van der Waals surface area contributed by atoms with E-state index in [-0.39, 0.29) is 11.1 Å². The second kappa shape index (κ2) is 6.81. The smallest absolute Gasteiger partial charge is 0.193 e. The third kappa shape index (κ3) is 4.17. The fraction of sp³-hybridized carbons (Fsp3) is 0.143. The Kier molecular flexibility index (Phi) is 4.84. The molecule has 0 spiro atoms. The lowest BCUT2D eigenvalue weighted by molar-refractivity contribution is 0.344. The van der Waals surface area contributed by atoms with Gasteiger partial charge in [-0.15, -0.1) is 0 Å². The molecule has 0 heterocycles. The number of ether oxygens (including phenoxy) is 1. The standard InChI is InChI=1S/C14H16N4OS/c15-13(16)18-14(17)20-8-7-19-12-6-5-10-3-1-2-4-11(10)9-12/h1-6,9H,7-8H2,(H5,15,16,17,18). The lowest BCUT2D eigenvalue weighted by atomic mass is 10.1. The van der Waals surface area contributed by atoms with E-state index in [1.807, 2.05) is 36.4 Å². The lowest BCUT2D eigenvalue weighted by Crippen LogP contribution is -2.23. The van der Waals surface area contributed by atoms with Crippen LogP contribution >= 0.6 is 11.8 Å². The summed E-state index contributed by atoms with van der Waals surface area (Å²) in [5, 5.41) is 9.89. The van der Waals surface area contributed by atoms with E-state index in [1.165, 1.54) is 17.1 Å². The molecule has 6 heteroatoms. The zero-order valence-electron chi connectivity index (χ0n) is 10.9. The van der Waals surface area contributed by atoms with E-state index in [9.17, 15) is 0 Å². The van der Waals surface area contributed by atoms with E-state index in [4.69, 9.17) is 21.6 Å². The molecule has 2 rings (SSSR count). The molecule has 0 saturated carbocycles. The Labute approximate surface area is 121 Å². The molecule has 0 amide bonds. The van der Waals surface area contributed by atoms with Crippen LogP contribution in [0, 0.1) is 5.41 Å². The van der Waals surface area contributed by atoms with Gasteiger partial charge in [-0.3, -0.25) is 5.41 Å². The predicted octanol–water partition coefficient (Wildman–Crippen LogP) is 2.16. The van der Waals surface area contributed by atoms with E-state index in [1.54, 1.807) is 0 Å². The molecule has 0 saturated heterocycles. The number of aliphatic imine (C=N–C) groups is 1. The fourth-order valence-electron chi connectivity index (χ4n) is 1.70. The second-order valence-corrected chi connectivity index (χ2v) is 5.13. The minimum absolute atomic E-state index is 0.0899. The third-order valence-corrected chi connectivity index (χ3v) is 3.28. The van der Waals surface area contributed by atoms with Crippen LogP contribution in [0.25, 0.3) is 10.8 Å². The van der Waals surface area contributed by atoms with Gasteiger partial charge in [0.2, 0.25) is 0 Å². The van der Waals surface area contributed by atoms with Crippen LogP contribution in [-0.2, 0) is 0 Å². The fourth-order valence-corrected chi connectivity index (χ4v) is 2.23. The van der Waals surface area contributed by atoms with E-state index < -0.39 is 0 Å². The van der Waals surface area contributed by atoms with Crippen LogP contribution in [0.1, 0.15) is 0 Å². The normalized spacial score (nSPS) is 10.2. The number of fused-ring (bicyclic) bond motifs is 1. The number of guanidine groups is 1. The van der Waals surface area contributed by atoms with Crippen LogP contribution in [0.2, 0.25) is 0 Å². The summed E-state index contributed by atoms with van der Waals surface area (Å²) in [6.07, 6.45) is 0.